The number of nitrogens with zero attached hydrogens (tertiary/aromatic N) is 1. The van der Waals surface area contributed by atoms with Crippen LogP contribution in [0, 0.1) is 5.92 Å². The fourth-order valence-corrected chi connectivity index (χ4v) is 3.20. The summed E-state index contributed by atoms with van der Waals surface area (Å²) in [5, 5.41) is 3.62. The van der Waals surface area contributed by atoms with Crippen LogP contribution in [0.4, 0.5) is 0 Å². The van der Waals surface area contributed by atoms with E-state index in [1.54, 1.807) is 0 Å². The zero-order valence-corrected chi connectivity index (χ0v) is 12.9. The second-order valence-corrected chi connectivity index (χ2v) is 6.05. The molecule has 1 N–H and O–H groups in total. The van der Waals surface area contributed by atoms with Crippen molar-refractivity contribution < 1.29 is 9.47 Å². The van der Waals surface area contributed by atoms with Gasteiger partial charge in [-0.3, -0.25) is 4.90 Å². The minimum Gasteiger partial charge on any atom is -0.492 e. The lowest BCUT2D eigenvalue weighted by Gasteiger charge is -2.26. The molecule has 2 aliphatic heterocycles. The highest BCUT2D eigenvalue weighted by atomic mass is 16.5. The molecular weight excluding hydrogens is 264 g/mol. The molecule has 2 aliphatic rings. The molecule has 4 nitrogen and oxygen atoms in total. The average molecular weight is 290 g/mol. The maximum absolute atomic E-state index is 5.85. The van der Waals surface area contributed by atoms with Gasteiger partial charge in [-0.25, -0.2) is 0 Å². The number of para-hydroxylation sites is 1. The number of fused-ring (bicyclic) bond motifs is 1. The van der Waals surface area contributed by atoms with E-state index in [4.69, 9.17) is 9.47 Å². The van der Waals surface area contributed by atoms with Crippen LogP contribution < -0.4 is 10.1 Å². The molecule has 0 aliphatic carbocycles. The molecule has 2 atom stereocenters. The largest absolute Gasteiger partial charge is 0.492 e. The average Bonchev–Trinajstić information content (AvgIpc) is 2.83. The van der Waals surface area contributed by atoms with Crippen molar-refractivity contribution in [2.24, 2.45) is 5.92 Å². The van der Waals surface area contributed by atoms with E-state index >= 15 is 0 Å². The molecule has 1 aromatic carbocycles. The van der Waals surface area contributed by atoms with Gasteiger partial charge < -0.3 is 14.8 Å². The van der Waals surface area contributed by atoms with Gasteiger partial charge >= 0.3 is 0 Å². The lowest BCUT2D eigenvalue weighted by Crippen LogP contribution is -2.42. The summed E-state index contributed by atoms with van der Waals surface area (Å²) in [7, 11) is 0. The molecule has 2 unspecified atom stereocenters. The zero-order chi connectivity index (χ0) is 14.5. The van der Waals surface area contributed by atoms with Crippen molar-refractivity contribution in [3.8, 4) is 5.75 Å². The van der Waals surface area contributed by atoms with Gasteiger partial charge in [0.25, 0.3) is 0 Å². The predicted octanol–water partition coefficient (Wildman–Crippen LogP) is 1.90. The van der Waals surface area contributed by atoms with Crippen LogP contribution in [0.5, 0.6) is 5.75 Å². The van der Waals surface area contributed by atoms with Gasteiger partial charge in [0.1, 0.15) is 12.4 Å². The number of rotatable bonds is 5. The minimum atomic E-state index is 0.504. The Morgan fingerprint density at radius 3 is 3.10 bits per heavy atom. The molecule has 3 rings (SSSR count). The molecule has 0 amide bonds. The summed E-state index contributed by atoms with van der Waals surface area (Å²) in [4.78, 5) is 2.51. The van der Waals surface area contributed by atoms with E-state index in [1.807, 2.05) is 6.07 Å². The fraction of sp³-hybridized carbons (Fsp3) is 0.647. The van der Waals surface area contributed by atoms with Crippen molar-refractivity contribution in [3.63, 3.8) is 0 Å². The van der Waals surface area contributed by atoms with E-state index in [0.717, 1.165) is 51.7 Å². The van der Waals surface area contributed by atoms with Gasteiger partial charge in [0, 0.05) is 37.2 Å². The number of nitrogens with one attached hydrogen (secondary N) is 1. The smallest absolute Gasteiger partial charge is 0.123 e. The van der Waals surface area contributed by atoms with Crippen LogP contribution in [0.3, 0.4) is 0 Å². The van der Waals surface area contributed by atoms with Gasteiger partial charge in [-0.15, -0.1) is 0 Å². The maximum Gasteiger partial charge on any atom is 0.123 e. The zero-order valence-electron chi connectivity index (χ0n) is 12.9. The van der Waals surface area contributed by atoms with Crippen molar-refractivity contribution in [2.45, 2.75) is 25.9 Å². The van der Waals surface area contributed by atoms with Crippen LogP contribution in [0.15, 0.2) is 24.3 Å². The summed E-state index contributed by atoms with van der Waals surface area (Å²) in [6, 6.07) is 8.89. The van der Waals surface area contributed by atoms with Gasteiger partial charge in [-0.05, 0) is 19.0 Å². The van der Waals surface area contributed by atoms with Crippen molar-refractivity contribution >= 4 is 0 Å². The van der Waals surface area contributed by atoms with Crippen molar-refractivity contribution in [1.82, 2.24) is 10.2 Å². The summed E-state index contributed by atoms with van der Waals surface area (Å²) in [5.74, 6) is 1.63. The highest BCUT2D eigenvalue weighted by molar-refractivity contribution is 5.33. The van der Waals surface area contributed by atoms with Crippen molar-refractivity contribution in [3.05, 3.63) is 29.8 Å². The standard InChI is InChI=1S/C17H26N2O2/c1-2-7-18-16-13-20-12-15(16)11-19-8-9-21-17-6-4-3-5-14(17)10-19/h3-6,15-16,18H,2,7-13H2,1H3. The summed E-state index contributed by atoms with van der Waals surface area (Å²) in [6.07, 6.45) is 1.17. The van der Waals surface area contributed by atoms with Crippen LogP contribution in [0.1, 0.15) is 18.9 Å². The van der Waals surface area contributed by atoms with Crippen molar-refractivity contribution in [1.29, 1.82) is 0 Å². The van der Waals surface area contributed by atoms with E-state index in [-0.39, 0.29) is 0 Å². The van der Waals surface area contributed by atoms with Crippen LogP contribution in [-0.2, 0) is 11.3 Å². The molecule has 1 saturated heterocycles. The Morgan fingerprint density at radius 1 is 1.29 bits per heavy atom. The molecule has 0 bridgehead atoms. The molecule has 0 radical (unpaired) electrons. The second-order valence-electron chi connectivity index (χ2n) is 6.05. The normalized spacial score (nSPS) is 26.1. The third kappa shape index (κ3) is 3.76. The molecule has 0 spiro atoms. The van der Waals surface area contributed by atoms with E-state index in [9.17, 15) is 0 Å². The Balaban J connectivity index is 1.60. The molecular formula is C17H26N2O2. The Hall–Kier alpha value is -1.10. The lowest BCUT2D eigenvalue weighted by atomic mass is 10.0. The fourth-order valence-electron chi connectivity index (χ4n) is 3.20. The molecule has 1 fully saturated rings. The summed E-state index contributed by atoms with van der Waals surface area (Å²) in [5.41, 5.74) is 1.30. The molecule has 116 valence electrons. The summed E-state index contributed by atoms with van der Waals surface area (Å²) in [6.45, 7) is 8.85. The van der Waals surface area contributed by atoms with E-state index in [0.29, 0.717) is 12.0 Å². The Bertz CT molecular complexity index is 452. The first-order chi connectivity index (χ1) is 10.4. The van der Waals surface area contributed by atoms with Crippen LogP contribution in [-0.4, -0.2) is 50.4 Å². The van der Waals surface area contributed by atoms with Gasteiger partial charge in [0.2, 0.25) is 0 Å². The number of hydrogen-bond donors (Lipinski definition) is 1. The van der Waals surface area contributed by atoms with Crippen LogP contribution >= 0.6 is 0 Å². The molecule has 1 aromatic rings. The van der Waals surface area contributed by atoms with Crippen LogP contribution in [0.25, 0.3) is 0 Å². The number of hydrogen-bond acceptors (Lipinski definition) is 4. The van der Waals surface area contributed by atoms with Crippen molar-refractivity contribution in [2.75, 3.05) is 39.5 Å². The van der Waals surface area contributed by atoms with E-state index < -0.39 is 0 Å². The number of benzene rings is 1. The Morgan fingerprint density at radius 2 is 2.19 bits per heavy atom. The highest BCUT2D eigenvalue weighted by Gasteiger charge is 2.30. The molecule has 0 aromatic heterocycles. The second kappa shape index (κ2) is 7.25. The van der Waals surface area contributed by atoms with Gasteiger partial charge in [0.05, 0.1) is 13.2 Å². The Kier molecular flexibility index (Phi) is 5.12. The highest BCUT2D eigenvalue weighted by Crippen LogP contribution is 2.24. The monoisotopic (exact) mass is 290 g/mol. The first kappa shape index (κ1) is 14.8. The maximum atomic E-state index is 5.85. The lowest BCUT2D eigenvalue weighted by molar-refractivity contribution is 0.159. The summed E-state index contributed by atoms with van der Waals surface area (Å²) < 4.78 is 11.5. The SMILES string of the molecule is CCCNC1COCC1CN1CCOc2ccccc2C1. The number of ether oxygens (including phenoxy) is 2. The summed E-state index contributed by atoms with van der Waals surface area (Å²) >= 11 is 0. The van der Waals surface area contributed by atoms with Gasteiger partial charge in [-0.1, -0.05) is 25.1 Å². The minimum absolute atomic E-state index is 0.504. The van der Waals surface area contributed by atoms with E-state index in [2.05, 4.69) is 35.3 Å². The molecule has 0 saturated carbocycles. The third-order valence-electron chi connectivity index (χ3n) is 4.38. The first-order valence-corrected chi connectivity index (χ1v) is 8.11. The topological polar surface area (TPSA) is 33.7 Å². The Labute approximate surface area is 127 Å². The quantitative estimate of drug-likeness (QED) is 0.898. The third-order valence-corrected chi connectivity index (χ3v) is 4.38. The molecule has 2 heterocycles. The molecule has 21 heavy (non-hydrogen) atoms. The van der Waals surface area contributed by atoms with Gasteiger partial charge in [-0.2, -0.15) is 0 Å². The molecule has 4 heteroatoms. The van der Waals surface area contributed by atoms with Crippen LogP contribution in [0.2, 0.25) is 0 Å². The van der Waals surface area contributed by atoms with E-state index in [1.165, 1.54) is 12.0 Å². The predicted molar refractivity (Wildman–Crippen MR) is 83.6 cm³/mol. The van der Waals surface area contributed by atoms with Gasteiger partial charge in [0.15, 0.2) is 0 Å². The first-order valence-electron chi connectivity index (χ1n) is 8.11.